The van der Waals surface area contributed by atoms with Gasteiger partial charge in [0.2, 0.25) is 0 Å². The minimum Gasteiger partial charge on any atom is -0.426 e. The van der Waals surface area contributed by atoms with Crippen molar-refractivity contribution in [3.8, 4) is 5.75 Å². The van der Waals surface area contributed by atoms with Gasteiger partial charge in [0.05, 0.1) is 19.1 Å². The standard InChI is InChI=1S/C12H14O4/c13-12(8-11-6-7-14-9-15-11)16-10-4-2-1-3-5-10/h1-5,11H,6-9H2. The minimum atomic E-state index is -0.266. The topological polar surface area (TPSA) is 44.8 Å². The second-order valence-electron chi connectivity index (χ2n) is 3.59. The van der Waals surface area contributed by atoms with E-state index in [4.69, 9.17) is 14.2 Å². The highest BCUT2D eigenvalue weighted by Crippen LogP contribution is 2.13. The lowest BCUT2D eigenvalue weighted by Crippen LogP contribution is -2.27. The summed E-state index contributed by atoms with van der Waals surface area (Å²) in [4.78, 5) is 11.5. The molecule has 1 atom stereocenters. The Labute approximate surface area is 94.1 Å². The molecular formula is C12H14O4. The zero-order valence-electron chi connectivity index (χ0n) is 8.93. The molecule has 0 aliphatic carbocycles. The van der Waals surface area contributed by atoms with Crippen molar-refractivity contribution in [1.29, 1.82) is 0 Å². The van der Waals surface area contributed by atoms with Gasteiger partial charge < -0.3 is 14.2 Å². The lowest BCUT2D eigenvalue weighted by molar-refractivity contribution is -0.156. The van der Waals surface area contributed by atoms with E-state index in [0.29, 0.717) is 12.4 Å². The van der Waals surface area contributed by atoms with Gasteiger partial charge in [-0.05, 0) is 18.6 Å². The fourth-order valence-electron chi connectivity index (χ4n) is 1.51. The molecule has 4 heteroatoms. The third-order valence-corrected chi connectivity index (χ3v) is 2.34. The molecule has 16 heavy (non-hydrogen) atoms. The summed E-state index contributed by atoms with van der Waals surface area (Å²) in [7, 11) is 0. The maximum absolute atomic E-state index is 11.5. The molecule has 1 fully saturated rings. The van der Waals surface area contributed by atoms with Crippen LogP contribution in [0.25, 0.3) is 0 Å². The van der Waals surface area contributed by atoms with Gasteiger partial charge in [0.15, 0.2) is 0 Å². The first-order chi connectivity index (χ1) is 7.84. The SMILES string of the molecule is O=C(CC1CCOCO1)Oc1ccccc1. The fraction of sp³-hybridized carbons (Fsp3) is 0.417. The first-order valence-corrected chi connectivity index (χ1v) is 5.29. The van der Waals surface area contributed by atoms with Gasteiger partial charge in [-0.1, -0.05) is 18.2 Å². The zero-order valence-corrected chi connectivity index (χ0v) is 8.93. The van der Waals surface area contributed by atoms with E-state index in [0.717, 1.165) is 6.42 Å². The fourth-order valence-corrected chi connectivity index (χ4v) is 1.51. The van der Waals surface area contributed by atoms with E-state index < -0.39 is 0 Å². The van der Waals surface area contributed by atoms with Crippen molar-refractivity contribution < 1.29 is 19.0 Å². The molecule has 0 saturated carbocycles. The quantitative estimate of drug-likeness (QED) is 0.577. The van der Waals surface area contributed by atoms with Crippen molar-refractivity contribution in [2.75, 3.05) is 13.4 Å². The summed E-state index contributed by atoms with van der Waals surface area (Å²) < 4.78 is 15.4. The van der Waals surface area contributed by atoms with Crippen molar-refractivity contribution in [3.63, 3.8) is 0 Å². The summed E-state index contributed by atoms with van der Waals surface area (Å²) in [6.07, 6.45) is 0.937. The molecule has 0 spiro atoms. The molecule has 86 valence electrons. The number of esters is 1. The van der Waals surface area contributed by atoms with Gasteiger partial charge in [-0.2, -0.15) is 0 Å². The van der Waals surface area contributed by atoms with Crippen LogP contribution in [0.1, 0.15) is 12.8 Å². The summed E-state index contributed by atoms with van der Waals surface area (Å²) >= 11 is 0. The highest BCUT2D eigenvalue weighted by Gasteiger charge is 2.19. The van der Waals surface area contributed by atoms with Gasteiger partial charge in [0.25, 0.3) is 0 Å². The Balaban J connectivity index is 1.80. The average Bonchev–Trinajstić information content (AvgIpc) is 2.31. The number of hydrogen-bond donors (Lipinski definition) is 0. The zero-order chi connectivity index (χ0) is 11.2. The molecule has 1 saturated heterocycles. The number of para-hydroxylation sites is 1. The predicted octanol–water partition coefficient (Wildman–Crippen LogP) is 1.75. The molecule has 0 amide bonds. The molecule has 0 bridgehead atoms. The van der Waals surface area contributed by atoms with Gasteiger partial charge >= 0.3 is 5.97 Å². The molecule has 1 aliphatic heterocycles. The van der Waals surface area contributed by atoms with Crippen molar-refractivity contribution >= 4 is 5.97 Å². The summed E-state index contributed by atoms with van der Waals surface area (Å²) in [5.74, 6) is 0.303. The van der Waals surface area contributed by atoms with Gasteiger partial charge in [-0.3, -0.25) is 4.79 Å². The second kappa shape index (κ2) is 5.63. The normalized spacial score (nSPS) is 20.4. The predicted molar refractivity (Wildman–Crippen MR) is 57.0 cm³/mol. The van der Waals surface area contributed by atoms with E-state index in [1.54, 1.807) is 12.1 Å². The lowest BCUT2D eigenvalue weighted by Gasteiger charge is -2.21. The van der Waals surface area contributed by atoms with E-state index >= 15 is 0 Å². The number of hydrogen-bond acceptors (Lipinski definition) is 4. The summed E-state index contributed by atoms with van der Waals surface area (Å²) in [6, 6.07) is 9.03. The van der Waals surface area contributed by atoms with Crippen molar-refractivity contribution in [3.05, 3.63) is 30.3 Å². The van der Waals surface area contributed by atoms with Crippen LogP contribution in [0.4, 0.5) is 0 Å². The van der Waals surface area contributed by atoms with Gasteiger partial charge in [-0.15, -0.1) is 0 Å². The van der Waals surface area contributed by atoms with E-state index in [1.807, 2.05) is 18.2 Å². The number of carbonyl (C=O) groups excluding carboxylic acids is 1. The first-order valence-electron chi connectivity index (χ1n) is 5.29. The lowest BCUT2D eigenvalue weighted by atomic mass is 10.2. The summed E-state index contributed by atoms with van der Waals surface area (Å²) in [6.45, 7) is 0.909. The Morgan fingerprint density at radius 3 is 2.88 bits per heavy atom. The molecule has 0 aromatic heterocycles. The Morgan fingerprint density at radius 1 is 1.38 bits per heavy atom. The first kappa shape index (κ1) is 11.1. The summed E-state index contributed by atoms with van der Waals surface area (Å²) in [5, 5.41) is 0. The van der Waals surface area contributed by atoms with Crippen LogP contribution < -0.4 is 4.74 Å². The van der Waals surface area contributed by atoms with Crippen LogP contribution in [0.5, 0.6) is 5.75 Å². The Bertz CT molecular complexity index is 330. The van der Waals surface area contributed by atoms with Crippen LogP contribution >= 0.6 is 0 Å². The van der Waals surface area contributed by atoms with Gasteiger partial charge in [-0.25, -0.2) is 0 Å². The third kappa shape index (κ3) is 3.32. The molecule has 1 aromatic carbocycles. The van der Waals surface area contributed by atoms with Crippen LogP contribution in [0.3, 0.4) is 0 Å². The smallest absolute Gasteiger partial charge is 0.313 e. The highest BCUT2D eigenvalue weighted by molar-refractivity contribution is 5.72. The largest absolute Gasteiger partial charge is 0.426 e. The minimum absolute atomic E-state index is 0.0787. The Kier molecular flexibility index (Phi) is 3.91. The molecule has 1 heterocycles. The number of carbonyl (C=O) groups is 1. The van der Waals surface area contributed by atoms with Crippen LogP contribution in [-0.4, -0.2) is 25.5 Å². The van der Waals surface area contributed by atoms with E-state index in [-0.39, 0.29) is 25.3 Å². The number of benzene rings is 1. The average molecular weight is 222 g/mol. The molecule has 2 rings (SSSR count). The maximum Gasteiger partial charge on any atom is 0.313 e. The molecule has 0 N–H and O–H groups in total. The number of rotatable bonds is 3. The van der Waals surface area contributed by atoms with E-state index in [1.165, 1.54) is 0 Å². The van der Waals surface area contributed by atoms with Gasteiger partial charge in [0.1, 0.15) is 12.5 Å². The van der Waals surface area contributed by atoms with Crippen LogP contribution in [0.2, 0.25) is 0 Å². The van der Waals surface area contributed by atoms with E-state index in [9.17, 15) is 4.79 Å². The Morgan fingerprint density at radius 2 is 2.19 bits per heavy atom. The maximum atomic E-state index is 11.5. The molecule has 4 nitrogen and oxygen atoms in total. The molecule has 1 aliphatic rings. The van der Waals surface area contributed by atoms with Crippen LogP contribution in [-0.2, 0) is 14.3 Å². The molecular weight excluding hydrogens is 208 g/mol. The van der Waals surface area contributed by atoms with E-state index in [2.05, 4.69) is 0 Å². The van der Waals surface area contributed by atoms with Gasteiger partial charge in [0, 0.05) is 0 Å². The second-order valence-corrected chi connectivity index (χ2v) is 3.59. The van der Waals surface area contributed by atoms with Crippen LogP contribution in [0, 0.1) is 0 Å². The molecule has 0 radical (unpaired) electrons. The third-order valence-electron chi connectivity index (χ3n) is 2.34. The van der Waals surface area contributed by atoms with Crippen LogP contribution in [0.15, 0.2) is 30.3 Å². The monoisotopic (exact) mass is 222 g/mol. The molecule has 1 aromatic rings. The number of ether oxygens (including phenoxy) is 3. The van der Waals surface area contributed by atoms with Crippen molar-refractivity contribution in [2.24, 2.45) is 0 Å². The van der Waals surface area contributed by atoms with Crippen molar-refractivity contribution in [2.45, 2.75) is 18.9 Å². The Hall–Kier alpha value is -1.39. The van der Waals surface area contributed by atoms with Crippen molar-refractivity contribution in [1.82, 2.24) is 0 Å². The summed E-state index contributed by atoms with van der Waals surface area (Å²) in [5.41, 5.74) is 0. The molecule has 1 unspecified atom stereocenters. The highest BCUT2D eigenvalue weighted by atomic mass is 16.7.